The van der Waals surface area contributed by atoms with Gasteiger partial charge in [-0.1, -0.05) is 43.5 Å². The molecule has 560 valence electrons. The fraction of sp³-hybridized carbons (Fsp3) is 0.311. The quantitative estimate of drug-likeness (QED) is 0.0498. The summed E-state index contributed by atoms with van der Waals surface area (Å²) in [7, 11) is 4.52. The Morgan fingerprint density at radius 3 is 1.43 bits per heavy atom. The minimum Gasteiger partial charge on any atom is -0.495 e. The molecule has 11 aromatic heterocycles. The summed E-state index contributed by atoms with van der Waals surface area (Å²) in [6.07, 6.45) is 29.1. The number of nitrogens with zero attached hydrogens (tertiary/aromatic N) is 17. The number of aromatic amines is 1. The highest BCUT2D eigenvalue weighted by Gasteiger charge is 2.53. The van der Waals surface area contributed by atoms with Crippen molar-refractivity contribution in [3.8, 4) is 56.0 Å². The van der Waals surface area contributed by atoms with Crippen molar-refractivity contribution >= 4 is 119 Å². The summed E-state index contributed by atoms with van der Waals surface area (Å²) in [5, 5.41) is 76.6. The number of hydrogen-bond donors (Lipinski definition) is 5. The number of aliphatic hydroxyl groups excluding tert-OH is 4. The second-order valence-corrected chi connectivity index (χ2v) is 30.4. The van der Waals surface area contributed by atoms with E-state index in [1.165, 1.54) is 11.8 Å². The van der Waals surface area contributed by atoms with Gasteiger partial charge in [0.05, 0.1) is 136 Å². The van der Waals surface area contributed by atoms with Gasteiger partial charge in [-0.3, -0.25) is 47.9 Å². The van der Waals surface area contributed by atoms with Gasteiger partial charge in [-0.05, 0) is 134 Å². The van der Waals surface area contributed by atoms with Gasteiger partial charge in [-0.15, -0.1) is 10.2 Å². The van der Waals surface area contributed by atoms with E-state index < -0.39 is 0 Å². The van der Waals surface area contributed by atoms with Crippen molar-refractivity contribution in [2.45, 2.75) is 114 Å². The normalized spacial score (nSPS) is 14.6. The Balaban J connectivity index is 0.000000132. The van der Waals surface area contributed by atoms with Gasteiger partial charge in [0.2, 0.25) is 0 Å². The van der Waals surface area contributed by atoms with Crippen LogP contribution in [0.2, 0.25) is 5.02 Å². The monoisotopic (exact) mass is 1630 g/mol. The Morgan fingerprint density at radius 2 is 0.935 bits per heavy atom. The molecule has 14 aromatic rings. The van der Waals surface area contributed by atoms with Crippen molar-refractivity contribution in [2.24, 2.45) is 7.05 Å². The molecule has 16 rings (SSSR count). The van der Waals surface area contributed by atoms with Crippen LogP contribution in [-0.2, 0) is 51.8 Å². The van der Waals surface area contributed by atoms with E-state index in [0.29, 0.717) is 31.2 Å². The third-order valence-corrected chi connectivity index (χ3v) is 21.1. The zero-order valence-electron chi connectivity index (χ0n) is 61.3. The minimum atomic E-state index is -0.382. The average molecular weight is 1630 g/mol. The Labute approximate surface area is 649 Å². The number of methoxy groups -OCH3 is 2. The maximum atomic E-state index is 9.20. The summed E-state index contributed by atoms with van der Waals surface area (Å²) in [5.74, 6) is 1.49. The molecule has 2 aliphatic rings. The van der Waals surface area contributed by atoms with E-state index in [2.05, 4.69) is 98.8 Å². The molecular weight excluding hydrogens is 1550 g/mol. The van der Waals surface area contributed by atoms with Crippen LogP contribution in [0.5, 0.6) is 11.5 Å². The molecule has 28 nitrogen and oxygen atoms in total. The Hall–Kier alpha value is -9.22. The lowest BCUT2D eigenvalue weighted by Gasteiger charge is -2.32. The molecule has 0 atom stereocenters. The second kappa shape index (κ2) is 33.7. The van der Waals surface area contributed by atoms with Crippen molar-refractivity contribution in [3.63, 3.8) is 0 Å². The van der Waals surface area contributed by atoms with Crippen molar-refractivity contribution < 1.29 is 48.5 Å². The number of aryl methyl sites for hydroxylation is 1. The summed E-state index contributed by atoms with van der Waals surface area (Å²) < 4.78 is 47.3. The first-order valence-corrected chi connectivity index (χ1v) is 37.2. The number of ether oxygens (including phenoxy) is 2. The molecule has 0 unspecified atom stereocenters. The van der Waals surface area contributed by atoms with Crippen molar-refractivity contribution in [1.29, 1.82) is 0 Å². The minimum absolute atomic E-state index is 0.0237. The third-order valence-electron chi connectivity index (χ3n) is 18.7. The predicted molar refractivity (Wildman–Crippen MR) is 422 cm³/mol. The van der Waals surface area contributed by atoms with Crippen LogP contribution in [0.3, 0.4) is 0 Å². The topological polar surface area (TPSA) is 323 Å². The number of aliphatic hydroxyl groups is 4. The molecule has 3 aromatic carbocycles. The number of halogens is 3. The van der Waals surface area contributed by atoms with Crippen LogP contribution in [0.1, 0.15) is 55.4 Å². The van der Waals surface area contributed by atoms with E-state index >= 15 is 0 Å². The SMILES string of the molecule is CC1(C)OB(c2cn[nH]c2)OC1(C)C.CC1(C)OB(c2cnn(CCO)c2)OC1(C)C.COc1c(-c2cnn(CCO)c2)cnc2ccc(Br)cc12.COc1c(-c2cnn(CCO)c2)cnc2ccc(Sc3nnc4ccc(-c5cnn(C)c5)cn34)cc12.OCCn1cc(-c2cnc3ccc(Br)cc3c2Cl)cn1. The first-order chi connectivity index (χ1) is 51.8. The highest BCUT2D eigenvalue weighted by Crippen LogP contribution is 2.42. The Bertz CT molecular complexity index is 5390. The number of nitrogens with one attached hydrogen (secondary N) is 1. The molecule has 0 saturated carbocycles. The molecular formula is C74H81B2Br2ClN18O10S. The third kappa shape index (κ3) is 17.6. The summed E-state index contributed by atoms with van der Waals surface area (Å²) in [6.45, 7) is 18.3. The van der Waals surface area contributed by atoms with E-state index in [0.717, 1.165) is 124 Å². The Kier molecular flexibility index (Phi) is 24.5. The zero-order valence-corrected chi connectivity index (χ0v) is 66.0. The summed E-state index contributed by atoms with van der Waals surface area (Å²) >= 11 is 14.9. The number of aromatic nitrogens is 18. The standard InChI is InChI=1S/C25H22N8O2S.C15H14BrN3O2.C14H11BrClN3O.C11H19BN2O3.C9H15BN2O2/c1-31-13-17(10-27-31)16-3-6-23-29-30-25(33(23)15-16)36-19-4-5-22-20(9-19)24(35-2)21(12-26-22)18-11-28-32(14-18)7-8-34;1-21-15-12-6-11(16)2-3-14(12)17-8-13(15)10-7-18-19(9-10)4-5-20;15-10-1-2-13-11(5-10)14(16)12(7-17-13)9-6-18-19(8-9)3-4-20;1-10(2)11(3,4)17-12(16-10)9-7-13-14(8-9)5-6-15;1-8(2)9(3,4)14-10(13-8)7-5-11-12-6-7/h3-6,9-15,34H,7-8H2,1-2H3;2-3,6-9,20H,4-5H2,1H3;1-2,5-8,20H,3-4H2;7-8,15H,5-6H2,1-4H3;5-6H,1-4H3,(H,11,12). The molecule has 2 fully saturated rings. The largest absolute Gasteiger partial charge is 0.498 e. The van der Waals surface area contributed by atoms with Crippen molar-refractivity contribution in [2.75, 3.05) is 40.6 Å². The van der Waals surface area contributed by atoms with E-state index in [-0.39, 0.29) is 63.1 Å². The fourth-order valence-electron chi connectivity index (χ4n) is 11.6. The van der Waals surface area contributed by atoms with Crippen LogP contribution in [0, 0.1) is 0 Å². The number of fused-ring (bicyclic) bond motifs is 4. The van der Waals surface area contributed by atoms with E-state index in [1.807, 2.05) is 171 Å². The van der Waals surface area contributed by atoms with Gasteiger partial charge in [0.25, 0.3) is 0 Å². The lowest BCUT2D eigenvalue weighted by molar-refractivity contribution is 0.00578. The summed E-state index contributed by atoms with van der Waals surface area (Å²) in [4.78, 5) is 14.5. The molecule has 34 heteroatoms. The zero-order chi connectivity index (χ0) is 76.7. The number of hydrogen-bond acceptors (Lipinski definition) is 22. The molecule has 108 heavy (non-hydrogen) atoms. The predicted octanol–water partition coefficient (Wildman–Crippen LogP) is 10.9. The van der Waals surface area contributed by atoms with Gasteiger partial charge in [0, 0.05) is 167 Å². The molecule has 0 bridgehead atoms. The highest BCUT2D eigenvalue weighted by molar-refractivity contribution is 9.10. The number of pyridine rings is 4. The maximum absolute atomic E-state index is 9.20. The van der Waals surface area contributed by atoms with Crippen LogP contribution in [-0.4, -0.2) is 186 Å². The van der Waals surface area contributed by atoms with Gasteiger partial charge in [-0.2, -0.15) is 30.6 Å². The first-order valence-electron chi connectivity index (χ1n) is 34.4. The molecule has 2 saturated heterocycles. The second-order valence-electron chi connectivity index (χ2n) is 27.1. The lowest BCUT2D eigenvalue weighted by atomic mass is 9.82. The van der Waals surface area contributed by atoms with Crippen molar-refractivity contribution in [1.82, 2.24) is 88.6 Å². The van der Waals surface area contributed by atoms with Gasteiger partial charge in [0.15, 0.2) is 10.8 Å². The summed E-state index contributed by atoms with van der Waals surface area (Å²) in [5.41, 5.74) is 11.2. The highest BCUT2D eigenvalue weighted by atomic mass is 79.9. The first kappa shape index (κ1) is 78.4. The average Bonchev–Trinajstić information content (AvgIpc) is 1.36. The van der Waals surface area contributed by atoms with E-state index in [9.17, 15) is 5.11 Å². The molecule has 0 radical (unpaired) electrons. The number of H-pyrrole nitrogens is 1. The van der Waals surface area contributed by atoms with Gasteiger partial charge >= 0.3 is 14.2 Å². The summed E-state index contributed by atoms with van der Waals surface area (Å²) in [6, 6.07) is 21.7. The van der Waals surface area contributed by atoms with Crippen LogP contribution < -0.4 is 20.4 Å². The maximum Gasteiger partial charge on any atom is 0.498 e. The fourth-order valence-corrected chi connectivity index (χ4v) is 13.5. The molecule has 0 spiro atoms. The van der Waals surface area contributed by atoms with Crippen LogP contribution in [0.25, 0.3) is 82.9 Å². The molecule has 0 amide bonds. The molecule has 0 aliphatic carbocycles. The smallest absolute Gasteiger partial charge is 0.495 e. The Morgan fingerprint density at radius 1 is 0.481 bits per heavy atom. The molecule has 2 aliphatic heterocycles. The lowest BCUT2D eigenvalue weighted by Crippen LogP contribution is -2.41. The molecule has 13 heterocycles. The van der Waals surface area contributed by atoms with E-state index in [1.54, 1.807) is 93.4 Å². The van der Waals surface area contributed by atoms with Crippen LogP contribution >= 0.6 is 55.2 Å². The van der Waals surface area contributed by atoms with Crippen molar-refractivity contribution in [3.05, 3.63) is 180 Å². The van der Waals surface area contributed by atoms with Crippen LogP contribution in [0.4, 0.5) is 0 Å². The van der Waals surface area contributed by atoms with Gasteiger partial charge < -0.3 is 48.5 Å². The van der Waals surface area contributed by atoms with Gasteiger partial charge in [-0.25, -0.2) is 0 Å². The van der Waals surface area contributed by atoms with E-state index in [4.69, 9.17) is 55.0 Å². The number of benzene rings is 3. The molecule has 5 N–H and O–H groups in total. The van der Waals surface area contributed by atoms with Crippen LogP contribution in [0.15, 0.2) is 185 Å². The number of rotatable bonds is 18. The van der Waals surface area contributed by atoms with Gasteiger partial charge in [0.1, 0.15) is 11.5 Å².